The van der Waals surface area contributed by atoms with Crippen LogP contribution in [0.2, 0.25) is 0 Å². The first-order valence-corrected chi connectivity index (χ1v) is 11.6. The topological polar surface area (TPSA) is 72.9 Å². The quantitative estimate of drug-likeness (QED) is 0.396. The van der Waals surface area contributed by atoms with Gasteiger partial charge < -0.3 is 5.73 Å². The van der Waals surface area contributed by atoms with Gasteiger partial charge in [0.1, 0.15) is 5.69 Å². The summed E-state index contributed by atoms with van der Waals surface area (Å²) in [7, 11) is 0. The fourth-order valence-electron chi connectivity index (χ4n) is 4.74. The van der Waals surface area contributed by atoms with Crippen LogP contribution >= 0.6 is 0 Å². The van der Waals surface area contributed by atoms with Gasteiger partial charge in [-0.3, -0.25) is 10.3 Å². The van der Waals surface area contributed by atoms with Crippen molar-refractivity contribution in [1.29, 1.82) is 0 Å². The lowest BCUT2D eigenvalue weighted by Gasteiger charge is -2.38. The normalized spacial score (nSPS) is 15.0. The average molecular weight is 436 g/mol. The van der Waals surface area contributed by atoms with Gasteiger partial charge in [-0.2, -0.15) is 4.40 Å². The zero-order valence-electron chi connectivity index (χ0n) is 18.7. The molecule has 3 heterocycles. The molecular weight excluding hydrogens is 408 g/mol. The maximum atomic E-state index is 6.55. The van der Waals surface area contributed by atoms with Crippen molar-refractivity contribution < 1.29 is 4.40 Å². The fourth-order valence-corrected chi connectivity index (χ4v) is 4.74. The molecule has 1 saturated carbocycles. The first kappa shape index (κ1) is 19.9. The number of hydrogen-bond donors (Lipinski definition) is 2. The van der Waals surface area contributed by atoms with Crippen molar-refractivity contribution in [2.24, 2.45) is 5.73 Å². The van der Waals surface area contributed by atoms with Crippen LogP contribution in [0.1, 0.15) is 31.7 Å². The van der Waals surface area contributed by atoms with Crippen LogP contribution in [0.25, 0.3) is 33.4 Å². The summed E-state index contributed by atoms with van der Waals surface area (Å²) in [4.78, 5) is 4.77. The molecule has 0 atom stereocenters. The highest BCUT2D eigenvalue weighted by molar-refractivity contribution is 5.93. The summed E-state index contributed by atoms with van der Waals surface area (Å²) in [5.74, 6) is 0.804. The van der Waals surface area contributed by atoms with Crippen molar-refractivity contribution in [1.82, 2.24) is 14.8 Å². The average Bonchev–Trinajstić information content (AvgIpc) is 3.22. The van der Waals surface area contributed by atoms with Crippen LogP contribution in [0.15, 0.2) is 79.1 Å². The molecule has 0 spiro atoms. The number of anilines is 1. The monoisotopic (exact) mass is 435 g/mol. The van der Waals surface area contributed by atoms with Gasteiger partial charge in [0.05, 0.1) is 17.1 Å². The predicted molar refractivity (Wildman–Crippen MR) is 131 cm³/mol. The molecule has 1 aliphatic carbocycles. The van der Waals surface area contributed by atoms with Gasteiger partial charge in [0.25, 0.3) is 0 Å². The standard InChI is InChI=1S/C27H27N6/c1-2-29-26-31-33(22-11-9-21(10-12-22)27(28)14-6-15-27)25-23-17-20(19-7-4-3-5-8-19)18-30-24(23)13-16-32(25)26/h3-5,7-13,16-18H,2,6,14-15,28H2,1H3,(H,29,31)/q+1. The van der Waals surface area contributed by atoms with Crippen LogP contribution in [0.5, 0.6) is 0 Å². The lowest BCUT2D eigenvalue weighted by atomic mass is 9.73. The molecule has 3 N–H and O–H groups in total. The number of aromatic nitrogens is 4. The van der Waals surface area contributed by atoms with Crippen LogP contribution in [-0.2, 0) is 5.54 Å². The Hall–Kier alpha value is -3.77. The lowest BCUT2D eigenvalue weighted by Crippen LogP contribution is -2.43. The molecule has 33 heavy (non-hydrogen) atoms. The summed E-state index contributed by atoms with van der Waals surface area (Å²) in [6.07, 6.45) is 7.28. The Kier molecular flexibility index (Phi) is 4.62. The molecule has 5 aromatic rings. The number of nitrogens with zero attached hydrogens (tertiary/aromatic N) is 4. The van der Waals surface area contributed by atoms with E-state index in [1.54, 1.807) is 0 Å². The Bertz CT molecular complexity index is 1450. The van der Waals surface area contributed by atoms with E-state index in [-0.39, 0.29) is 5.54 Å². The minimum absolute atomic E-state index is 0.171. The summed E-state index contributed by atoms with van der Waals surface area (Å²) < 4.78 is 4.11. The highest BCUT2D eigenvalue weighted by atomic mass is 15.4. The van der Waals surface area contributed by atoms with E-state index in [9.17, 15) is 0 Å². The van der Waals surface area contributed by atoms with E-state index in [1.165, 1.54) is 12.0 Å². The Balaban J connectivity index is 1.56. The Labute approximate surface area is 192 Å². The zero-order chi connectivity index (χ0) is 22.4. The zero-order valence-corrected chi connectivity index (χ0v) is 18.7. The third-order valence-corrected chi connectivity index (χ3v) is 6.77. The molecule has 1 fully saturated rings. The van der Waals surface area contributed by atoms with E-state index in [0.29, 0.717) is 0 Å². The highest BCUT2D eigenvalue weighted by Gasteiger charge is 2.34. The second-order valence-electron chi connectivity index (χ2n) is 8.85. The smallest absolute Gasteiger partial charge is 0.321 e. The molecule has 164 valence electrons. The molecule has 1 aliphatic rings. The third kappa shape index (κ3) is 3.26. The summed E-state index contributed by atoms with van der Waals surface area (Å²) >= 11 is 0. The summed E-state index contributed by atoms with van der Waals surface area (Å²) in [6.45, 7) is 2.86. The molecule has 6 nitrogen and oxygen atoms in total. The maximum Gasteiger partial charge on any atom is 0.382 e. The third-order valence-electron chi connectivity index (χ3n) is 6.77. The molecule has 0 aliphatic heterocycles. The predicted octanol–water partition coefficient (Wildman–Crippen LogP) is 4.60. The Morgan fingerprint density at radius 3 is 2.52 bits per heavy atom. The number of fused-ring (bicyclic) bond motifs is 3. The second-order valence-corrected chi connectivity index (χ2v) is 8.85. The van der Waals surface area contributed by atoms with Gasteiger partial charge in [-0.1, -0.05) is 42.5 Å². The van der Waals surface area contributed by atoms with E-state index in [0.717, 1.165) is 58.7 Å². The largest absolute Gasteiger partial charge is 0.382 e. The summed E-state index contributed by atoms with van der Waals surface area (Å²) in [5.41, 5.74) is 12.7. The van der Waals surface area contributed by atoms with Gasteiger partial charge in [0.15, 0.2) is 0 Å². The molecule has 0 unspecified atom stereocenters. The molecule has 0 amide bonds. The molecule has 0 bridgehead atoms. The Morgan fingerprint density at radius 1 is 1.03 bits per heavy atom. The van der Waals surface area contributed by atoms with Crippen molar-refractivity contribution in [3.05, 3.63) is 84.7 Å². The van der Waals surface area contributed by atoms with Gasteiger partial charge >= 0.3 is 5.95 Å². The van der Waals surface area contributed by atoms with Crippen molar-refractivity contribution in [2.75, 3.05) is 11.9 Å². The summed E-state index contributed by atoms with van der Waals surface area (Å²) in [5, 5.41) is 9.38. The molecule has 6 rings (SSSR count). The van der Waals surface area contributed by atoms with Crippen LogP contribution in [0.4, 0.5) is 5.95 Å². The molecular formula is C27H27N6+. The maximum absolute atomic E-state index is 6.55. The number of nitrogens with two attached hydrogens (primary N) is 1. The van der Waals surface area contributed by atoms with Gasteiger partial charge in [-0.05, 0) is 61.6 Å². The van der Waals surface area contributed by atoms with Crippen LogP contribution in [0.3, 0.4) is 0 Å². The fraction of sp³-hybridized carbons (Fsp3) is 0.222. The number of nitrogens with one attached hydrogen (secondary N) is 1. The lowest BCUT2D eigenvalue weighted by molar-refractivity contribution is -0.495. The first-order chi connectivity index (χ1) is 16.2. The molecule has 6 heteroatoms. The molecule has 0 radical (unpaired) electrons. The SMILES string of the molecule is CCNc1nn(-c2ccc(C3(N)CCC3)cc2)c2c3cc(-c4ccccc4)cnc3cc[n+]12. The summed E-state index contributed by atoms with van der Waals surface area (Å²) in [6, 6.07) is 23.2. The number of hydrogen-bond acceptors (Lipinski definition) is 4. The van der Waals surface area contributed by atoms with E-state index < -0.39 is 0 Å². The second kappa shape index (κ2) is 7.67. The minimum atomic E-state index is -0.171. The van der Waals surface area contributed by atoms with Crippen LogP contribution in [0, 0.1) is 0 Å². The highest BCUT2D eigenvalue weighted by Crippen LogP contribution is 2.38. The Morgan fingerprint density at radius 2 is 1.82 bits per heavy atom. The molecule has 2 aromatic carbocycles. The van der Waals surface area contributed by atoms with E-state index in [1.807, 2.05) is 29.2 Å². The van der Waals surface area contributed by atoms with E-state index >= 15 is 0 Å². The van der Waals surface area contributed by atoms with Gasteiger partial charge in [0.2, 0.25) is 5.65 Å². The first-order valence-electron chi connectivity index (χ1n) is 11.6. The van der Waals surface area contributed by atoms with Gasteiger partial charge in [-0.25, -0.2) is 0 Å². The van der Waals surface area contributed by atoms with Crippen molar-refractivity contribution >= 4 is 22.5 Å². The molecule has 0 saturated heterocycles. The molecule has 3 aromatic heterocycles. The minimum Gasteiger partial charge on any atom is -0.321 e. The van der Waals surface area contributed by atoms with Crippen molar-refractivity contribution in [3.63, 3.8) is 0 Å². The number of pyridine rings is 2. The van der Waals surface area contributed by atoms with E-state index in [2.05, 4.69) is 71.2 Å². The van der Waals surface area contributed by atoms with Crippen LogP contribution in [-0.4, -0.2) is 21.3 Å². The van der Waals surface area contributed by atoms with Crippen molar-refractivity contribution in [3.8, 4) is 16.8 Å². The van der Waals surface area contributed by atoms with Crippen LogP contribution < -0.4 is 15.5 Å². The van der Waals surface area contributed by atoms with E-state index in [4.69, 9.17) is 15.8 Å². The number of benzene rings is 2. The van der Waals surface area contributed by atoms with Gasteiger partial charge in [-0.15, -0.1) is 4.68 Å². The van der Waals surface area contributed by atoms with Crippen molar-refractivity contribution in [2.45, 2.75) is 31.7 Å². The van der Waals surface area contributed by atoms with Gasteiger partial charge in [0, 0.05) is 28.9 Å². The number of rotatable bonds is 5.